The Hall–Kier alpha value is -1.05. The highest BCUT2D eigenvalue weighted by molar-refractivity contribution is 5.35. The fraction of sp³-hybridized carbons (Fsp3) is 0.444. The number of nitrogens with zero attached hydrogens (tertiary/aromatic N) is 1. The number of aromatic hydroxyl groups is 1. The molecule has 2 nitrogen and oxygen atoms in total. The molecule has 0 aromatic carbocycles. The highest BCUT2D eigenvalue weighted by atomic mass is 16.3. The molecule has 0 bridgehead atoms. The maximum absolute atomic E-state index is 9.29. The molecule has 0 atom stereocenters. The van der Waals surface area contributed by atoms with Gasteiger partial charge in [0, 0.05) is 6.20 Å². The van der Waals surface area contributed by atoms with Gasteiger partial charge < -0.3 is 5.11 Å². The minimum absolute atomic E-state index is 0.288. The van der Waals surface area contributed by atoms with Crippen LogP contribution in [0.25, 0.3) is 0 Å². The van der Waals surface area contributed by atoms with Crippen molar-refractivity contribution in [3.05, 3.63) is 23.5 Å². The van der Waals surface area contributed by atoms with Gasteiger partial charge in [0.1, 0.15) is 5.75 Å². The van der Waals surface area contributed by atoms with E-state index < -0.39 is 0 Å². The Morgan fingerprint density at radius 2 is 2.00 bits per heavy atom. The van der Waals surface area contributed by atoms with Crippen molar-refractivity contribution < 1.29 is 5.11 Å². The van der Waals surface area contributed by atoms with E-state index in [-0.39, 0.29) is 5.75 Å². The zero-order valence-corrected chi connectivity index (χ0v) is 7.13. The first-order chi connectivity index (χ1) is 5.13. The molecule has 0 aliphatic carbocycles. The first-order valence-corrected chi connectivity index (χ1v) is 3.76. The van der Waals surface area contributed by atoms with E-state index in [0.29, 0.717) is 5.92 Å². The van der Waals surface area contributed by atoms with Gasteiger partial charge in [-0.05, 0) is 24.0 Å². The van der Waals surface area contributed by atoms with E-state index in [0.717, 1.165) is 11.1 Å². The quantitative estimate of drug-likeness (QED) is 0.667. The average molecular weight is 151 g/mol. The van der Waals surface area contributed by atoms with Gasteiger partial charge in [-0.2, -0.15) is 0 Å². The van der Waals surface area contributed by atoms with Gasteiger partial charge in [-0.15, -0.1) is 0 Å². The summed E-state index contributed by atoms with van der Waals surface area (Å²) in [6.45, 7) is 6.08. The van der Waals surface area contributed by atoms with Gasteiger partial charge in [0.05, 0.1) is 6.20 Å². The van der Waals surface area contributed by atoms with Crippen LogP contribution in [0.15, 0.2) is 12.4 Å². The summed E-state index contributed by atoms with van der Waals surface area (Å²) < 4.78 is 0. The Labute approximate surface area is 66.9 Å². The summed E-state index contributed by atoms with van der Waals surface area (Å²) in [4.78, 5) is 3.92. The summed E-state index contributed by atoms with van der Waals surface area (Å²) in [7, 11) is 0. The Morgan fingerprint density at radius 3 is 2.45 bits per heavy atom. The second kappa shape index (κ2) is 2.91. The fourth-order valence-electron chi connectivity index (χ4n) is 1.11. The van der Waals surface area contributed by atoms with Gasteiger partial charge in [-0.1, -0.05) is 13.8 Å². The molecule has 1 N–H and O–H groups in total. The SMILES string of the molecule is Cc1c(O)cncc1C(C)C. The first kappa shape index (κ1) is 8.05. The lowest BCUT2D eigenvalue weighted by atomic mass is 10.0. The van der Waals surface area contributed by atoms with Crippen molar-refractivity contribution in [2.75, 3.05) is 0 Å². The van der Waals surface area contributed by atoms with Crippen LogP contribution in [0.4, 0.5) is 0 Å². The van der Waals surface area contributed by atoms with Crippen LogP contribution in [0.3, 0.4) is 0 Å². The van der Waals surface area contributed by atoms with Crippen LogP contribution >= 0.6 is 0 Å². The maximum Gasteiger partial charge on any atom is 0.137 e. The molecule has 0 saturated carbocycles. The number of rotatable bonds is 1. The molecule has 0 unspecified atom stereocenters. The van der Waals surface area contributed by atoms with Crippen LogP contribution in [0, 0.1) is 6.92 Å². The van der Waals surface area contributed by atoms with Gasteiger partial charge in [0.25, 0.3) is 0 Å². The second-order valence-corrected chi connectivity index (χ2v) is 3.03. The molecule has 0 radical (unpaired) electrons. The van der Waals surface area contributed by atoms with Crippen molar-refractivity contribution in [1.82, 2.24) is 4.98 Å². The predicted molar refractivity (Wildman–Crippen MR) is 44.7 cm³/mol. The van der Waals surface area contributed by atoms with Gasteiger partial charge >= 0.3 is 0 Å². The highest BCUT2D eigenvalue weighted by Gasteiger charge is 2.05. The van der Waals surface area contributed by atoms with E-state index in [2.05, 4.69) is 18.8 Å². The van der Waals surface area contributed by atoms with E-state index in [1.165, 1.54) is 6.20 Å². The van der Waals surface area contributed by atoms with Crippen molar-refractivity contribution in [2.24, 2.45) is 0 Å². The largest absolute Gasteiger partial charge is 0.506 e. The van der Waals surface area contributed by atoms with Crippen molar-refractivity contribution in [1.29, 1.82) is 0 Å². The fourth-order valence-corrected chi connectivity index (χ4v) is 1.11. The molecule has 60 valence electrons. The van der Waals surface area contributed by atoms with Crippen LogP contribution in [-0.2, 0) is 0 Å². The average Bonchev–Trinajstić information content (AvgIpc) is 1.94. The molecule has 2 heteroatoms. The number of hydrogen-bond donors (Lipinski definition) is 1. The Balaban J connectivity index is 3.17. The van der Waals surface area contributed by atoms with Crippen molar-refractivity contribution in [3.8, 4) is 5.75 Å². The van der Waals surface area contributed by atoms with E-state index in [1.807, 2.05) is 6.92 Å². The third-order valence-corrected chi connectivity index (χ3v) is 1.85. The van der Waals surface area contributed by atoms with E-state index in [9.17, 15) is 5.11 Å². The molecular formula is C9H13NO. The minimum atomic E-state index is 0.288. The monoisotopic (exact) mass is 151 g/mol. The highest BCUT2D eigenvalue weighted by Crippen LogP contribution is 2.23. The molecule has 0 aliphatic rings. The molecule has 1 rings (SSSR count). The van der Waals surface area contributed by atoms with Gasteiger partial charge in [0.15, 0.2) is 0 Å². The zero-order valence-electron chi connectivity index (χ0n) is 7.13. The van der Waals surface area contributed by atoms with Crippen molar-refractivity contribution >= 4 is 0 Å². The van der Waals surface area contributed by atoms with Crippen LogP contribution in [-0.4, -0.2) is 10.1 Å². The Morgan fingerprint density at radius 1 is 1.36 bits per heavy atom. The molecule has 0 fully saturated rings. The minimum Gasteiger partial charge on any atom is -0.506 e. The lowest BCUT2D eigenvalue weighted by molar-refractivity contribution is 0.466. The van der Waals surface area contributed by atoms with Gasteiger partial charge in [-0.25, -0.2) is 0 Å². The second-order valence-electron chi connectivity index (χ2n) is 3.03. The lowest BCUT2D eigenvalue weighted by Crippen LogP contribution is -1.92. The Bertz CT molecular complexity index is 256. The van der Waals surface area contributed by atoms with E-state index in [1.54, 1.807) is 6.20 Å². The summed E-state index contributed by atoms with van der Waals surface area (Å²) in [5, 5.41) is 9.29. The van der Waals surface area contributed by atoms with Gasteiger partial charge in [0.2, 0.25) is 0 Å². The number of aromatic nitrogens is 1. The maximum atomic E-state index is 9.29. The van der Waals surface area contributed by atoms with Crippen LogP contribution in [0.1, 0.15) is 30.9 Å². The zero-order chi connectivity index (χ0) is 8.43. The predicted octanol–water partition coefficient (Wildman–Crippen LogP) is 2.22. The molecule has 0 aliphatic heterocycles. The van der Waals surface area contributed by atoms with E-state index >= 15 is 0 Å². The molecule has 0 spiro atoms. The normalized spacial score (nSPS) is 10.5. The molecular weight excluding hydrogens is 138 g/mol. The first-order valence-electron chi connectivity index (χ1n) is 3.76. The van der Waals surface area contributed by atoms with Crippen molar-refractivity contribution in [3.63, 3.8) is 0 Å². The van der Waals surface area contributed by atoms with Crippen LogP contribution in [0.2, 0.25) is 0 Å². The molecule has 1 heterocycles. The lowest BCUT2D eigenvalue weighted by Gasteiger charge is -2.08. The Kier molecular flexibility index (Phi) is 2.13. The topological polar surface area (TPSA) is 33.1 Å². The summed E-state index contributed by atoms with van der Waals surface area (Å²) >= 11 is 0. The van der Waals surface area contributed by atoms with Crippen LogP contribution < -0.4 is 0 Å². The molecule has 1 aromatic heterocycles. The smallest absolute Gasteiger partial charge is 0.137 e. The van der Waals surface area contributed by atoms with Crippen LogP contribution in [0.5, 0.6) is 5.75 Å². The number of hydrogen-bond acceptors (Lipinski definition) is 2. The summed E-state index contributed by atoms with van der Waals surface area (Å²) in [6, 6.07) is 0. The summed E-state index contributed by atoms with van der Waals surface area (Å²) in [5.41, 5.74) is 2.06. The summed E-state index contributed by atoms with van der Waals surface area (Å²) in [5.74, 6) is 0.714. The third kappa shape index (κ3) is 1.50. The summed E-state index contributed by atoms with van der Waals surface area (Å²) in [6.07, 6.45) is 3.28. The van der Waals surface area contributed by atoms with E-state index in [4.69, 9.17) is 0 Å². The molecule has 0 saturated heterocycles. The molecule has 0 amide bonds. The third-order valence-electron chi connectivity index (χ3n) is 1.85. The molecule has 1 aromatic rings. The van der Waals surface area contributed by atoms with Gasteiger partial charge in [-0.3, -0.25) is 4.98 Å². The standard InChI is InChI=1S/C9H13NO/c1-6(2)8-4-10-5-9(11)7(8)3/h4-6,11H,1-3H3. The number of pyridine rings is 1. The molecule has 11 heavy (non-hydrogen) atoms. The van der Waals surface area contributed by atoms with Crippen molar-refractivity contribution in [2.45, 2.75) is 26.7 Å².